The van der Waals surface area contributed by atoms with Gasteiger partial charge in [-0.15, -0.1) is 0 Å². The quantitative estimate of drug-likeness (QED) is 0.212. The highest BCUT2D eigenvalue weighted by molar-refractivity contribution is 6.62. The van der Waals surface area contributed by atoms with Crippen molar-refractivity contribution in [2.75, 3.05) is 19.1 Å². The topological polar surface area (TPSA) is 40.2 Å². The van der Waals surface area contributed by atoms with Crippen molar-refractivity contribution in [3.63, 3.8) is 0 Å². The van der Waals surface area contributed by atoms with Gasteiger partial charge >= 0.3 is 13.3 Å². The van der Waals surface area contributed by atoms with Crippen LogP contribution in [-0.4, -0.2) is 38.7 Å². The summed E-state index contributed by atoms with van der Waals surface area (Å²) in [4.78, 5) is 1.56. The second-order valence-electron chi connectivity index (χ2n) is 11.0. The number of rotatable bonds is 9. The van der Waals surface area contributed by atoms with E-state index in [-0.39, 0.29) is 24.2 Å². The highest BCUT2D eigenvalue weighted by Gasteiger charge is 2.53. The molecule has 0 amide bonds. The first-order chi connectivity index (χ1) is 19.1. The highest BCUT2D eigenvalue weighted by Crippen LogP contribution is 2.38. The smallest absolute Gasteiger partial charge is 0.495 e. The summed E-state index contributed by atoms with van der Waals surface area (Å²) >= 11 is 0. The van der Waals surface area contributed by atoms with Gasteiger partial charge in [-0.05, 0) is 80.2 Å². The average Bonchev–Trinajstić information content (AvgIpc) is 3.13. The van der Waals surface area contributed by atoms with Crippen LogP contribution in [0, 0.1) is 11.6 Å². The molecule has 11 heteroatoms. The van der Waals surface area contributed by atoms with Gasteiger partial charge in [-0.2, -0.15) is 13.2 Å². The molecule has 1 saturated heterocycles. The molecule has 5 nitrogen and oxygen atoms in total. The van der Waals surface area contributed by atoms with E-state index in [9.17, 15) is 13.2 Å². The second-order valence-corrected chi connectivity index (χ2v) is 11.0. The van der Waals surface area contributed by atoms with E-state index in [2.05, 4.69) is 0 Å². The van der Waals surface area contributed by atoms with E-state index in [1.165, 1.54) is 20.3 Å². The number of halogens is 5. The van der Waals surface area contributed by atoms with E-state index in [1.807, 2.05) is 0 Å². The molecule has 41 heavy (non-hydrogen) atoms. The van der Waals surface area contributed by atoms with Crippen molar-refractivity contribution in [2.24, 2.45) is 0 Å². The fraction of sp³-hybridized carbons (Fsp3) is 0.400. The third-order valence-electron chi connectivity index (χ3n) is 7.61. The molecule has 1 aliphatic rings. The zero-order valence-corrected chi connectivity index (χ0v) is 23.9. The summed E-state index contributed by atoms with van der Waals surface area (Å²) in [6.07, 6.45) is -6.47. The maximum atomic E-state index is 15.8. The predicted octanol–water partition coefficient (Wildman–Crippen LogP) is 6.59. The monoisotopic (exact) mass is 577 g/mol. The van der Waals surface area contributed by atoms with Crippen LogP contribution >= 0.6 is 0 Å². The molecule has 0 atom stereocenters. The van der Waals surface area contributed by atoms with Crippen LogP contribution in [0.5, 0.6) is 11.5 Å². The molecule has 0 unspecified atom stereocenters. The minimum Gasteiger partial charge on any atom is -0.497 e. The number of ether oxygens (including phenoxy) is 2. The van der Waals surface area contributed by atoms with E-state index in [1.54, 1.807) is 81.1 Å². The van der Waals surface area contributed by atoms with Gasteiger partial charge in [0.15, 0.2) is 11.6 Å². The van der Waals surface area contributed by atoms with Crippen molar-refractivity contribution in [1.29, 1.82) is 0 Å². The zero-order chi connectivity index (χ0) is 30.2. The van der Waals surface area contributed by atoms with Gasteiger partial charge in [0, 0.05) is 13.1 Å². The van der Waals surface area contributed by atoms with Crippen LogP contribution in [0.25, 0.3) is 0 Å². The van der Waals surface area contributed by atoms with Crippen LogP contribution in [0.2, 0.25) is 0 Å². The Balaban J connectivity index is 1.84. The van der Waals surface area contributed by atoms with Crippen molar-refractivity contribution in [1.82, 2.24) is 0 Å². The van der Waals surface area contributed by atoms with Crippen LogP contribution in [0.15, 0.2) is 54.6 Å². The molecular weight excluding hydrogens is 544 g/mol. The molecule has 0 aromatic heterocycles. The average molecular weight is 577 g/mol. The van der Waals surface area contributed by atoms with Crippen molar-refractivity contribution >= 4 is 18.3 Å². The number of alkyl halides is 3. The molecule has 220 valence electrons. The predicted molar refractivity (Wildman–Crippen MR) is 148 cm³/mol. The number of anilines is 1. The Morgan fingerprint density at radius 1 is 0.756 bits per heavy atom. The Hall–Kier alpha value is -3.31. The number of hydrogen-bond acceptors (Lipinski definition) is 5. The lowest BCUT2D eigenvalue weighted by atomic mass is 9.74. The molecule has 0 bridgehead atoms. The number of nitrogens with zero attached hydrogens (tertiary/aromatic N) is 1. The van der Waals surface area contributed by atoms with Crippen LogP contribution in [0.1, 0.15) is 44.4 Å². The van der Waals surface area contributed by atoms with Gasteiger partial charge < -0.3 is 23.7 Å². The Morgan fingerprint density at radius 2 is 1.20 bits per heavy atom. The SMILES string of the molecule is COc1ccc(CN(Cc2ccc(OC)cc2)c2cc(B3OC(C)(C)C(C)(C)O3)c(CC(F)(F)F)c(F)c2F)cc1. The Morgan fingerprint density at radius 3 is 1.59 bits per heavy atom. The number of hydrogen-bond donors (Lipinski definition) is 0. The molecule has 0 saturated carbocycles. The van der Waals surface area contributed by atoms with E-state index in [4.69, 9.17) is 18.8 Å². The molecule has 3 aromatic carbocycles. The van der Waals surface area contributed by atoms with Gasteiger partial charge in [0.2, 0.25) is 0 Å². The number of methoxy groups -OCH3 is 2. The molecule has 1 fully saturated rings. The van der Waals surface area contributed by atoms with Crippen molar-refractivity contribution in [3.05, 3.63) is 82.9 Å². The lowest BCUT2D eigenvalue weighted by molar-refractivity contribution is -0.127. The van der Waals surface area contributed by atoms with Gasteiger partial charge in [0.05, 0.1) is 37.5 Å². The maximum Gasteiger partial charge on any atom is 0.495 e. The van der Waals surface area contributed by atoms with Crippen molar-refractivity contribution < 1.29 is 40.7 Å². The minimum atomic E-state index is -4.79. The summed E-state index contributed by atoms with van der Waals surface area (Å²) in [5, 5.41) is 0. The van der Waals surface area contributed by atoms with Crippen LogP contribution < -0.4 is 19.8 Å². The maximum absolute atomic E-state index is 15.8. The largest absolute Gasteiger partial charge is 0.497 e. The van der Waals surface area contributed by atoms with Crippen LogP contribution in [0.3, 0.4) is 0 Å². The Labute approximate surface area is 237 Å². The molecule has 0 aliphatic carbocycles. The van der Waals surface area contributed by atoms with Gasteiger partial charge in [0.25, 0.3) is 0 Å². The molecule has 0 N–H and O–H groups in total. The van der Waals surface area contributed by atoms with E-state index < -0.39 is 48.1 Å². The Kier molecular flexibility index (Phi) is 8.61. The summed E-state index contributed by atoms with van der Waals surface area (Å²) in [7, 11) is 1.72. The molecule has 0 radical (unpaired) electrons. The van der Waals surface area contributed by atoms with Gasteiger partial charge in [-0.3, -0.25) is 0 Å². The van der Waals surface area contributed by atoms with E-state index in [0.29, 0.717) is 11.5 Å². The normalized spacial score (nSPS) is 16.1. The molecule has 1 aliphatic heterocycles. The van der Waals surface area contributed by atoms with E-state index in [0.717, 1.165) is 11.1 Å². The minimum absolute atomic E-state index is 0.119. The molecule has 0 spiro atoms. The summed E-state index contributed by atoms with van der Waals surface area (Å²) in [5.74, 6) is -1.73. The second kappa shape index (κ2) is 11.5. The fourth-order valence-electron chi connectivity index (χ4n) is 4.59. The summed E-state index contributed by atoms with van der Waals surface area (Å²) in [6, 6.07) is 15.3. The molecule has 1 heterocycles. The van der Waals surface area contributed by atoms with Gasteiger partial charge in [-0.25, -0.2) is 8.78 Å². The first-order valence-corrected chi connectivity index (χ1v) is 13.1. The van der Waals surface area contributed by atoms with Crippen LogP contribution in [0.4, 0.5) is 27.6 Å². The summed E-state index contributed by atoms with van der Waals surface area (Å²) in [6.45, 7) is 7.17. The van der Waals surface area contributed by atoms with Crippen molar-refractivity contribution in [2.45, 2.75) is 64.6 Å². The number of benzene rings is 3. The molecule has 4 rings (SSSR count). The standard InChI is InChI=1S/C30H33BF5NO4/c1-28(2)29(3,4)41-31(40-28)24-15-25(27(33)26(32)23(24)16-30(34,35)36)37(17-19-7-11-21(38-5)12-8-19)18-20-9-13-22(39-6)14-10-20/h7-15H,16-18H2,1-6H3. The van der Waals surface area contributed by atoms with E-state index >= 15 is 8.78 Å². The van der Waals surface area contributed by atoms with Gasteiger partial charge in [0.1, 0.15) is 11.5 Å². The Bertz CT molecular complexity index is 1300. The fourth-order valence-corrected chi connectivity index (χ4v) is 4.59. The lowest BCUT2D eigenvalue weighted by Crippen LogP contribution is -2.41. The van der Waals surface area contributed by atoms with Gasteiger partial charge in [-0.1, -0.05) is 24.3 Å². The summed E-state index contributed by atoms with van der Waals surface area (Å²) in [5.41, 5.74) is -1.60. The first-order valence-electron chi connectivity index (χ1n) is 13.1. The van der Waals surface area contributed by atoms with Crippen LogP contribution in [-0.2, 0) is 28.8 Å². The highest BCUT2D eigenvalue weighted by atomic mass is 19.4. The third-order valence-corrected chi connectivity index (χ3v) is 7.61. The third kappa shape index (κ3) is 6.78. The molecular formula is C30H33BF5NO4. The lowest BCUT2D eigenvalue weighted by Gasteiger charge is -2.32. The first kappa shape index (κ1) is 30.6. The zero-order valence-electron chi connectivity index (χ0n) is 23.9. The molecule has 3 aromatic rings. The summed E-state index contributed by atoms with van der Waals surface area (Å²) < 4.78 is 94.6. The van der Waals surface area contributed by atoms with Crippen molar-refractivity contribution in [3.8, 4) is 11.5 Å².